The number of alkyl halides is 3. The third-order valence-electron chi connectivity index (χ3n) is 10.9. The molecule has 74 heavy (non-hydrogen) atoms. The molecule has 0 heterocycles. The highest BCUT2D eigenvalue weighted by atomic mass is 32.2. The van der Waals surface area contributed by atoms with E-state index in [1.807, 2.05) is 13.8 Å². The number of primary sulfonamides is 1. The van der Waals surface area contributed by atoms with Crippen LogP contribution in [0.25, 0.3) is 11.1 Å². The molecule has 0 aliphatic carbocycles. The van der Waals surface area contributed by atoms with Gasteiger partial charge in [-0.2, -0.15) is 33.6 Å². The third-order valence-corrected chi connectivity index (χ3v) is 12.2. The summed E-state index contributed by atoms with van der Waals surface area (Å²) in [5, 5.41) is 31.2. The summed E-state index contributed by atoms with van der Waals surface area (Å²) in [6.45, 7) is 6.36. The Balaban J connectivity index is 1.10. The number of rotatable bonds is 22. The van der Waals surface area contributed by atoms with Crippen LogP contribution < -0.4 is 24.1 Å². The van der Waals surface area contributed by atoms with Crippen LogP contribution in [0, 0.1) is 12.8 Å². The Labute approximate surface area is 425 Å². The number of azo groups is 2. The van der Waals surface area contributed by atoms with Crippen molar-refractivity contribution >= 4 is 67.6 Å². The van der Waals surface area contributed by atoms with Gasteiger partial charge in [-0.25, -0.2) is 23.1 Å². The van der Waals surface area contributed by atoms with Crippen LogP contribution in [0.15, 0.2) is 147 Å². The normalized spacial score (nSPS) is 12.6. The number of anilines is 1. The summed E-state index contributed by atoms with van der Waals surface area (Å²) >= 11 is -2.97. The second-order valence-corrected chi connectivity index (χ2v) is 18.6. The van der Waals surface area contributed by atoms with Crippen molar-refractivity contribution in [1.82, 2.24) is 0 Å². The number of benzene rings is 6. The van der Waals surface area contributed by atoms with Gasteiger partial charge in [0.25, 0.3) is 0 Å². The summed E-state index contributed by atoms with van der Waals surface area (Å²) < 4.78 is 116. The molecule has 0 spiro atoms. The molecule has 0 saturated carbocycles. The molecule has 2 atom stereocenters. The molecule has 0 aliphatic heterocycles. The fourth-order valence-electron chi connectivity index (χ4n) is 6.80. The zero-order valence-electron chi connectivity index (χ0n) is 39.8. The van der Waals surface area contributed by atoms with Gasteiger partial charge in [0, 0.05) is 22.4 Å². The second kappa shape index (κ2) is 25.2. The van der Waals surface area contributed by atoms with Gasteiger partial charge in [-0.1, -0.05) is 26.0 Å². The molecular formula is C51H48F3N6O12S2-. The second-order valence-electron chi connectivity index (χ2n) is 16.4. The van der Waals surface area contributed by atoms with Gasteiger partial charge in [0.05, 0.1) is 63.6 Å². The zero-order valence-corrected chi connectivity index (χ0v) is 41.5. The topological polar surface area (TPSA) is 270 Å². The molecule has 0 bridgehead atoms. The number of nitrogens with one attached hydrogen (secondary N) is 1. The van der Waals surface area contributed by atoms with E-state index in [0.717, 1.165) is 68.5 Å². The van der Waals surface area contributed by atoms with Crippen molar-refractivity contribution in [3.8, 4) is 34.1 Å². The first-order valence-corrected chi connectivity index (χ1v) is 25.3. The van der Waals surface area contributed by atoms with Crippen LogP contribution >= 0.6 is 0 Å². The molecule has 0 fully saturated rings. The third kappa shape index (κ3) is 15.8. The number of halogens is 3. The Morgan fingerprint density at radius 3 is 1.80 bits per heavy atom. The number of unbranched alkanes of at least 4 members (excludes halogenated alkanes) is 3. The van der Waals surface area contributed by atoms with Crippen LogP contribution in [0.1, 0.15) is 77.8 Å². The largest absolute Gasteiger partial charge is 0.755 e. The van der Waals surface area contributed by atoms with E-state index in [0.29, 0.717) is 36.3 Å². The molecular weight excluding hydrogens is 1010 g/mol. The first-order chi connectivity index (χ1) is 35.2. The summed E-state index contributed by atoms with van der Waals surface area (Å²) in [6.07, 6.45) is -0.857. The lowest BCUT2D eigenvalue weighted by molar-refractivity contribution is -0.148. The highest BCUT2D eigenvalue weighted by Crippen LogP contribution is 2.41. The van der Waals surface area contributed by atoms with Crippen LogP contribution in [0.4, 0.5) is 41.6 Å². The van der Waals surface area contributed by atoms with Gasteiger partial charge in [-0.3, -0.25) is 9.00 Å². The number of carbonyl (C=O) groups is 3. The predicted octanol–water partition coefficient (Wildman–Crippen LogP) is 12.0. The smallest absolute Gasteiger partial charge is 0.420 e. The standard InChI is InChI=1S/C51H49F3N6O12S2/c1-4-31(2)48(62)70-26-8-6-5-7-25-69-40-19-11-34(12-20-40)49(63)71-45-23-15-35(27-32(45)3)56-59-38-14-22-42(47(30-38)74(55,67)68)41-21-13-37(29-44(41)60-73(65)66)58-57-36-16-24-46(43(28-36)51(52,53)54)72-50(64)33-9-17-39(61)18-10-33/h9-24,27-31,60-61H,4-8,25-26H2,1-3H3,(H,65,66)(H2,55,67,68)/p-1. The molecule has 0 saturated heterocycles. The average Bonchev–Trinajstić information content (AvgIpc) is 3.36. The number of nitrogens with zero attached hydrogens (tertiary/aromatic N) is 4. The lowest BCUT2D eigenvalue weighted by atomic mass is 10.0. The number of phenols is 1. The SMILES string of the molecule is CCC(C)C(=O)OCCCCCCOc1ccc(C(=O)Oc2ccc(N=Nc3ccc(-c4ccc(N=Nc5ccc(OC(=O)c6ccc(O)cc6)c(C(F)(F)F)c5)cc4NS(=O)[O-])c(S(N)(=O)=O)c3)cc2C)cc1. The highest BCUT2D eigenvalue weighted by molar-refractivity contribution is 7.89. The van der Waals surface area contributed by atoms with Crippen LogP contribution in [-0.2, 0) is 37.0 Å². The maximum Gasteiger partial charge on any atom is 0.420 e. The number of aromatic hydroxyl groups is 1. The van der Waals surface area contributed by atoms with Crippen LogP contribution in [0.5, 0.6) is 23.0 Å². The van der Waals surface area contributed by atoms with Gasteiger partial charge >= 0.3 is 24.1 Å². The fraction of sp³-hybridized carbons (Fsp3) is 0.235. The number of aryl methyl sites for hydroxylation is 1. The van der Waals surface area contributed by atoms with Gasteiger partial charge < -0.3 is 33.3 Å². The summed E-state index contributed by atoms with van der Waals surface area (Å²) in [7, 11) is -4.52. The molecule has 0 radical (unpaired) electrons. The molecule has 0 aromatic heterocycles. The molecule has 18 nitrogen and oxygen atoms in total. The Kier molecular flexibility index (Phi) is 18.9. The Hall–Kier alpha value is -7.86. The van der Waals surface area contributed by atoms with E-state index in [1.54, 1.807) is 37.3 Å². The number of ether oxygens (including phenoxy) is 4. The van der Waals surface area contributed by atoms with E-state index in [-0.39, 0.29) is 68.4 Å². The number of nitrogens with two attached hydrogens (primary N) is 1. The van der Waals surface area contributed by atoms with E-state index >= 15 is 0 Å². The fourth-order valence-corrected chi connectivity index (χ4v) is 7.92. The lowest BCUT2D eigenvalue weighted by Crippen LogP contribution is -2.14. The minimum Gasteiger partial charge on any atom is -0.755 e. The van der Waals surface area contributed by atoms with E-state index in [2.05, 4.69) is 25.2 Å². The van der Waals surface area contributed by atoms with Crippen LogP contribution in [-0.4, -0.2) is 53.4 Å². The van der Waals surface area contributed by atoms with Gasteiger partial charge in [0.15, 0.2) is 0 Å². The van der Waals surface area contributed by atoms with E-state index < -0.39 is 55.6 Å². The predicted molar refractivity (Wildman–Crippen MR) is 266 cm³/mol. The zero-order chi connectivity index (χ0) is 53.6. The van der Waals surface area contributed by atoms with Gasteiger partial charge in [-0.15, -0.1) is 0 Å². The molecule has 388 valence electrons. The average molecular weight is 1060 g/mol. The van der Waals surface area contributed by atoms with Crippen molar-refractivity contribution in [3.63, 3.8) is 0 Å². The maximum absolute atomic E-state index is 14.1. The number of sulfonamides is 1. The first-order valence-electron chi connectivity index (χ1n) is 22.6. The molecule has 0 aliphatic rings. The van der Waals surface area contributed by atoms with E-state index in [9.17, 15) is 49.8 Å². The number of hydrogen-bond donors (Lipinski definition) is 3. The molecule has 2 unspecified atom stereocenters. The Morgan fingerprint density at radius 1 is 0.716 bits per heavy atom. The molecule has 6 rings (SSSR count). The summed E-state index contributed by atoms with van der Waals surface area (Å²) in [4.78, 5) is 36.8. The van der Waals surface area contributed by atoms with E-state index in [1.165, 1.54) is 48.5 Å². The quantitative estimate of drug-likeness (QED) is 0.0188. The van der Waals surface area contributed by atoms with Crippen molar-refractivity contribution in [1.29, 1.82) is 0 Å². The van der Waals surface area contributed by atoms with Crippen LogP contribution in [0.2, 0.25) is 0 Å². The Bertz CT molecular complexity index is 3190. The summed E-state index contributed by atoms with van der Waals surface area (Å²) in [5.74, 6) is -2.16. The molecule has 6 aromatic rings. The highest BCUT2D eigenvalue weighted by Gasteiger charge is 2.35. The number of hydrogen-bond acceptors (Lipinski definition) is 16. The van der Waals surface area contributed by atoms with Crippen molar-refractivity contribution in [3.05, 3.63) is 144 Å². The van der Waals surface area contributed by atoms with Crippen molar-refractivity contribution in [2.45, 2.75) is 63.9 Å². The summed E-state index contributed by atoms with van der Waals surface area (Å²) in [6, 6.07) is 25.8. The summed E-state index contributed by atoms with van der Waals surface area (Å²) in [5.41, 5.74) is -1.02. The van der Waals surface area contributed by atoms with Crippen molar-refractivity contribution in [2.75, 3.05) is 17.9 Å². The minimum absolute atomic E-state index is 0.00219. The molecule has 0 amide bonds. The Morgan fingerprint density at radius 2 is 1.23 bits per heavy atom. The van der Waals surface area contributed by atoms with Crippen molar-refractivity contribution < 1.29 is 68.8 Å². The maximum atomic E-state index is 14.1. The molecule has 4 N–H and O–H groups in total. The lowest BCUT2D eigenvalue weighted by Gasteiger charge is -2.16. The van der Waals surface area contributed by atoms with Crippen molar-refractivity contribution in [2.24, 2.45) is 31.5 Å². The number of phenolic OH excluding ortho intramolecular Hbond substituents is 1. The van der Waals surface area contributed by atoms with Gasteiger partial charge in [0.2, 0.25) is 10.0 Å². The number of carbonyl (C=O) groups excluding carboxylic acids is 3. The molecule has 6 aromatic carbocycles. The van der Waals surface area contributed by atoms with E-state index in [4.69, 9.17) is 24.1 Å². The van der Waals surface area contributed by atoms with Gasteiger partial charge in [0.1, 0.15) is 28.6 Å². The van der Waals surface area contributed by atoms with Crippen LogP contribution in [0.3, 0.4) is 0 Å². The number of esters is 3. The minimum atomic E-state index is -5.00. The van der Waals surface area contributed by atoms with Gasteiger partial charge in [-0.05, 0) is 154 Å². The first kappa shape index (κ1) is 55.5. The molecule has 23 heteroatoms. The monoisotopic (exact) mass is 1060 g/mol.